The van der Waals surface area contributed by atoms with Crippen LogP contribution in [0.4, 0.5) is 0 Å². The maximum atomic E-state index is 2.45. The Labute approximate surface area is 70.4 Å². The first-order valence-corrected chi connectivity index (χ1v) is 4.73. The summed E-state index contributed by atoms with van der Waals surface area (Å²) in [6, 6.07) is 0. The van der Waals surface area contributed by atoms with Crippen LogP contribution in [0.25, 0.3) is 0 Å². The molecule has 2 aliphatic rings. The van der Waals surface area contributed by atoms with Gasteiger partial charge < -0.3 is 6.42 Å². The molecule has 2 aliphatic carbocycles. The largest absolute Gasteiger partial charge is 0.328 e. The first-order valence-electron chi connectivity index (χ1n) is 4.73. The zero-order valence-corrected chi connectivity index (χ0v) is 8.20. The summed E-state index contributed by atoms with van der Waals surface area (Å²) in [5, 5.41) is 0. The Hall–Kier alpha value is 0. The quantitative estimate of drug-likeness (QED) is 0.465. The van der Waals surface area contributed by atoms with Crippen molar-refractivity contribution in [2.45, 2.75) is 47.0 Å². The molecule has 0 nitrogen and oxygen atoms in total. The van der Waals surface area contributed by atoms with Crippen molar-refractivity contribution in [1.82, 2.24) is 0 Å². The lowest BCUT2D eigenvalue weighted by Gasteiger charge is -2.77. The van der Waals surface area contributed by atoms with Crippen LogP contribution < -0.4 is 0 Å². The molecule has 0 aliphatic heterocycles. The first kappa shape index (κ1) is 7.64. The van der Waals surface area contributed by atoms with Crippen LogP contribution in [0, 0.1) is 22.7 Å². The summed E-state index contributed by atoms with van der Waals surface area (Å²) in [5.41, 5.74) is 1.91. The third-order valence-corrected chi connectivity index (χ3v) is 4.46. The lowest BCUT2D eigenvalue weighted by Crippen LogP contribution is -2.64. The van der Waals surface area contributed by atoms with Gasteiger partial charge in [0.2, 0.25) is 0 Å². The van der Waals surface area contributed by atoms with Crippen molar-refractivity contribution in [1.29, 1.82) is 0 Å². The summed E-state index contributed by atoms with van der Waals surface area (Å²) >= 11 is 0. The van der Waals surface area contributed by atoms with Gasteiger partial charge in [-0.1, -0.05) is 33.1 Å². The summed E-state index contributed by atoms with van der Waals surface area (Å²) < 4.78 is 0. The van der Waals surface area contributed by atoms with Crippen molar-refractivity contribution in [3.8, 4) is 0 Å². The summed E-state index contributed by atoms with van der Waals surface area (Å²) in [6.45, 7) is 9.74. The maximum absolute atomic E-state index is 2.45. The van der Waals surface area contributed by atoms with Crippen LogP contribution >= 0.6 is 0 Å². The van der Waals surface area contributed by atoms with E-state index in [1.54, 1.807) is 0 Å². The summed E-state index contributed by atoms with van der Waals surface area (Å²) in [5.74, 6) is 0. The highest BCUT2D eigenvalue weighted by Gasteiger charge is 2.62. The normalized spacial score (nSPS) is 36.0. The van der Waals surface area contributed by atoms with Gasteiger partial charge in [-0.25, -0.2) is 0 Å². The molecule has 0 aromatic rings. The van der Waals surface area contributed by atoms with Gasteiger partial charge in [0.1, 0.15) is 0 Å². The molecule has 0 aromatic carbocycles. The van der Waals surface area contributed by atoms with Crippen LogP contribution in [0.15, 0.2) is 0 Å². The predicted molar refractivity (Wildman–Crippen MR) is 48.1 cm³/mol. The van der Waals surface area contributed by atoms with Crippen LogP contribution in [-0.4, -0.2) is 0 Å². The first-order chi connectivity index (χ1) is 4.91. The van der Waals surface area contributed by atoms with E-state index in [0.717, 1.165) is 0 Å². The lowest BCUT2D eigenvalue weighted by atomic mass is 9.32. The molecule has 0 bridgehead atoms. The molecule has 11 heavy (non-hydrogen) atoms. The van der Waals surface area contributed by atoms with Crippen molar-refractivity contribution < 1.29 is 0 Å². The van der Waals surface area contributed by atoms with Crippen molar-refractivity contribution in [2.24, 2.45) is 16.2 Å². The van der Waals surface area contributed by atoms with Crippen molar-refractivity contribution in [2.75, 3.05) is 0 Å². The van der Waals surface area contributed by atoms with E-state index in [1.165, 1.54) is 19.3 Å². The molecule has 0 heteroatoms. The second-order valence-electron chi connectivity index (χ2n) is 5.72. The topological polar surface area (TPSA) is 0 Å². The van der Waals surface area contributed by atoms with E-state index in [4.69, 9.17) is 0 Å². The summed E-state index contributed by atoms with van der Waals surface area (Å²) in [6.07, 6.45) is 6.59. The Kier molecular flexibility index (Phi) is 1.16. The van der Waals surface area contributed by atoms with E-state index < -0.39 is 0 Å². The number of rotatable bonds is 0. The molecule has 0 heterocycles. The van der Waals surface area contributed by atoms with Gasteiger partial charge in [-0.15, -0.1) is 0 Å². The lowest BCUT2D eigenvalue weighted by molar-refractivity contribution is -0.210. The summed E-state index contributed by atoms with van der Waals surface area (Å²) in [4.78, 5) is 0. The van der Waals surface area contributed by atoms with Crippen LogP contribution in [0.1, 0.15) is 47.0 Å². The van der Waals surface area contributed by atoms with Crippen molar-refractivity contribution in [3.05, 3.63) is 6.42 Å². The highest BCUT2D eigenvalue weighted by molar-refractivity contribution is 5.20. The third-order valence-electron chi connectivity index (χ3n) is 4.46. The van der Waals surface area contributed by atoms with Gasteiger partial charge >= 0.3 is 0 Å². The van der Waals surface area contributed by atoms with Crippen LogP contribution in [0.3, 0.4) is 0 Å². The van der Waals surface area contributed by atoms with Gasteiger partial charge in [0.15, 0.2) is 0 Å². The molecule has 64 valence electrons. The Bertz CT molecular complexity index is 166. The number of hydrogen-bond acceptors (Lipinski definition) is 0. The molecular weight excluding hydrogens is 132 g/mol. The second kappa shape index (κ2) is 1.67. The Morgan fingerprint density at radius 1 is 0.909 bits per heavy atom. The van der Waals surface area contributed by atoms with Crippen molar-refractivity contribution in [3.63, 3.8) is 0 Å². The molecule has 2 rings (SSSR count). The molecule has 0 aromatic heterocycles. The SMILES string of the molecule is CC1(C)CC(C)(C)C12C[CH-]C2. The van der Waals surface area contributed by atoms with Gasteiger partial charge in [-0.05, 0) is 17.3 Å². The van der Waals surface area contributed by atoms with Crippen LogP contribution in [0.2, 0.25) is 0 Å². The number of hydrogen-bond donors (Lipinski definition) is 0. The predicted octanol–water partition coefficient (Wildman–Crippen LogP) is 3.43. The fraction of sp³-hybridized carbons (Fsp3) is 0.909. The second-order valence-corrected chi connectivity index (χ2v) is 5.72. The standard InChI is InChI=1S/C11H19/c1-9(2)8-10(3,4)11(9)6-5-7-11/h5H,6-8H2,1-4H3/q-1. The molecular formula is C11H19-. The van der Waals surface area contributed by atoms with Crippen LogP contribution in [-0.2, 0) is 0 Å². The molecule has 0 amide bonds. The van der Waals surface area contributed by atoms with Gasteiger partial charge in [-0.2, -0.15) is 12.8 Å². The molecule has 1 spiro atoms. The van der Waals surface area contributed by atoms with Gasteiger partial charge in [0.25, 0.3) is 0 Å². The molecule has 2 fully saturated rings. The maximum Gasteiger partial charge on any atom is -0.0336 e. The molecule has 0 saturated heterocycles. The molecule has 0 unspecified atom stereocenters. The molecule has 0 atom stereocenters. The van der Waals surface area contributed by atoms with Gasteiger partial charge in [0.05, 0.1) is 0 Å². The van der Waals surface area contributed by atoms with Gasteiger partial charge in [-0.3, -0.25) is 0 Å². The molecule has 2 saturated carbocycles. The van der Waals surface area contributed by atoms with E-state index in [0.29, 0.717) is 16.2 Å². The minimum absolute atomic E-state index is 0.616. The van der Waals surface area contributed by atoms with Crippen LogP contribution in [0.5, 0.6) is 0 Å². The minimum Gasteiger partial charge on any atom is -0.328 e. The fourth-order valence-electron chi connectivity index (χ4n) is 3.79. The van der Waals surface area contributed by atoms with E-state index in [2.05, 4.69) is 34.1 Å². The monoisotopic (exact) mass is 151 g/mol. The van der Waals surface area contributed by atoms with Crippen molar-refractivity contribution >= 4 is 0 Å². The highest BCUT2D eigenvalue weighted by Crippen LogP contribution is 2.75. The smallest absolute Gasteiger partial charge is 0.0336 e. The Morgan fingerprint density at radius 2 is 1.36 bits per heavy atom. The fourth-order valence-corrected chi connectivity index (χ4v) is 3.79. The van der Waals surface area contributed by atoms with E-state index in [9.17, 15) is 0 Å². The highest BCUT2D eigenvalue weighted by atomic mass is 14.7. The summed E-state index contributed by atoms with van der Waals surface area (Å²) in [7, 11) is 0. The Morgan fingerprint density at radius 3 is 1.45 bits per heavy atom. The molecule has 0 radical (unpaired) electrons. The zero-order chi connectivity index (χ0) is 8.33. The van der Waals surface area contributed by atoms with Gasteiger partial charge in [0, 0.05) is 0 Å². The zero-order valence-electron chi connectivity index (χ0n) is 8.20. The van der Waals surface area contributed by atoms with E-state index >= 15 is 0 Å². The molecule has 0 N–H and O–H groups in total. The average Bonchev–Trinajstić information content (AvgIpc) is 1.50. The average molecular weight is 151 g/mol. The van der Waals surface area contributed by atoms with E-state index in [-0.39, 0.29) is 0 Å². The Balaban J connectivity index is 2.27. The third kappa shape index (κ3) is 0.625. The van der Waals surface area contributed by atoms with E-state index in [1.807, 2.05) is 0 Å². The minimum atomic E-state index is 0.616.